The van der Waals surface area contributed by atoms with Crippen molar-refractivity contribution in [3.05, 3.63) is 35.4 Å². The first kappa shape index (κ1) is 14.9. The molecule has 1 aliphatic rings. The maximum absolute atomic E-state index is 11.9. The van der Waals surface area contributed by atoms with Crippen LogP contribution in [0.5, 0.6) is 0 Å². The van der Waals surface area contributed by atoms with Gasteiger partial charge in [-0.05, 0) is 43.7 Å². The van der Waals surface area contributed by atoms with Crippen LogP contribution in [0, 0.1) is 12.8 Å². The molecule has 0 bridgehead atoms. The Morgan fingerprint density at radius 2 is 1.90 bits per heavy atom. The third-order valence-corrected chi connectivity index (χ3v) is 4.52. The van der Waals surface area contributed by atoms with Crippen molar-refractivity contribution >= 4 is 6.03 Å². The zero-order valence-electron chi connectivity index (χ0n) is 13.0. The van der Waals surface area contributed by atoms with E-state index in [0.717, 1.165) is 19.4 Å². The topological polar surface area (TPSA) is 41.1 Å². The third kappa shape index (κ3) is 3.33. The van der Waals surface area contributed by atoms with E-state index < -0.39 is 0 Å². The summed E-state index contributed by atoms with van der Waals surface area (Å²) in [5.74, 6) is 0.451. The normalized spacial score (nSPS) is 17.6. The lowest BCUT2D eigenvalue weighted by molar-refractivity contribution is 0.233. The van der Waals surface area contributed by atoms with Crippen LogP contribution in [0.3, 0.4) is 0 Å². The SMILES string of the molecule is Cc1ccccc1C1(CNC(=O)NC(C)C(C)C)CC1. The summed E-state index contributed by atoms with van der Waals surface area (Å²) in [6, 6.07) is 8.65. The zero-order chi connectivity index (χ0) is 14.8. The highest BCUT2D eigenvalue weighted by atomic mass is 16.2. The molecule has 2 N–H and O–H groups in total. The molecule has 1 atom stereocenters. The summed E-state index contributed by atoms with van der Waals surface area (Å²) in [6.45, 7) is 9.14. The number of urea groups is 1. The lowest BCUT2D eigenvalue weighted by Crippen LogP contribution is -2.45. The van der Waals surface area contributed by atoms with Gasteiger partial charge in [0.2, 0.25) is 0 Å². The van der Waals surface area contributed by atoms with E-state index in [9.17, 15) is 4.79 Å². The Bertz CT molecular complexity index is 478. The van der Waals surface area contributed by atoms with Gasteiger partial charge in [-0.15, -0.1) is 0 Å². The van der Waals surface area contributed by atoms with E-state index in [4.69, 9.17) is 0 Å². The number of aryl methyl sites for hydroxylation is 1. The van der Waals surface area contributed by atoms with Crippen LogP contribution in [0.4, 0.5) is 4.79 Å². The number of carbonyl (C=O) groups is 1. The van der Waals surface area contributed by atoms with Crippen LogP contribution in [0.1, 0.15) is 44.7 Å². The first-order chi connectivity index (χ1) is 9.44. The lowest BCUT2D eigenvalue weighted by Gasteiger charge is -2.21. The quantitative estimate of drug-likeness (QED) is 0.849. The summed E-state index contributed by atoms with van der Waals surface area (Å²) in [6.07, 6.45) is 2.33. The van der Waals surface area contributed by atoms with E-state index in [2.05, 4.69) is 55.7 Å². The fraction of sp³-hybridized carbons (Fsp3) is 0.588. The summed E-state index contributed by atoms with van der Waals surface area (Å²) < 4.78 is 0. The Balaban J connectivity index is 1.91. The number of rotatable bonds is 5. The second kappa shape index (κ2) is 5.86. The first-order valence-corrected chi connectivity index (χ1v) is 7.55. The van der Waals surface area contributed by atoms with Gasteiger partial charge in [-0.1, -0.05) is 38.1 Å². The average Bonchev–Trinajstić information content (AvgIpc) is 3.18. The molecule has 20 heavy (non-hydrogen) atoms. The van der Waals surface area contributed by atoms with Crippen LogP contribution in [0.2, 0.25) is 0 Å². The highest BCUT2D eigenvalue weighted by Crippen LogP contribution is 2.48. The van der Waals surface area contributed by atoms with Crippen molar-refractivity contribution in [2.75, 3.05) is 6.54 Å². The molecule has 1 fully saturated rings. The Morgan fingerprint density at radius 3 is 2.45 bits per heavy atom. The number of amides is 2. The van der Waals surface area contributed by atoms with Crippen LogP contribution >= 0.6 is 0 Å². The van der Waals surface area contributed by atoms with Gasteiger partial charge in [0.05, 0.1) is 0 Å². The molecule has 1 aromatic carbocycles. The van der Waals surface area contributed by atoms with Gasteiger partial charge in [-0.2, -0.15) is 0 Å². The van der Waals surface area contributed by atoms with E-state index in [1.165, 1.54) is 11.1 Å². The minimum atomic E-state index is -0.0499. The van der Waals surface area contributed by atoms with Gasteiger partial charge in [0, 0.05) is 18.0 Å². The molecule has 1 aliphatic carbocycles. The summed E-state index contributed by atoms with van der Waals surface area (Å²) in [4.78, 5) is 11.9. The zero-order valence-corrected chi connectivity index (χ0v) is 13.0. The molecule has 0 aromatic heterocycles. The van der Waals surface area contributed by atoms with Gasteiger partial charge in [0.15, 0.2) is 0 Å². The Morgan fingerprint density at radius 1 is 1.25 bits per heavy atom. The summed E-state index contributed by atoms with van der Waals surface area (Å²) in [5.41, 5.74) is 2.88. The molecule has 3 heteroatoms. The maximum atomic E-state index is 11.9. The average molecular weight is 274 g/mol. The van der Waals surface area contributed by atoms with Crippen molar-refractivity contribution in [2.24, 2.45) is 5.92 Å². The Kier molecular flexibility index (Phi) is 4.36. The van der Waals surface area contributed by atoms with Gasteiger partial charge in [-0.25, -0.2) is 4.79 Å². The highest BCUT2D eigenvalue weighted by Gasteiger charge is 2.45. The minimum absolute atomic E-state index is 0.0499. The van der Waals surface area contributed by atoms with Gasteiger partial charge < -0.3 is 10.6 Å². The fourth-order valence-corrected chi connectivity index (χ4v) is 2.53. The highest BCUT2D eigenvalue weighted by molar-refractivity contribution is 5.74. The minimum Gasteiger partial charge on any atom is -0.337 e. The van der Waals surface area contributed by atoms with Crippen LogP contribution < -0.4 is 10.6 Å². The van der Waals surface area contributed by atoms with E-state index >= 15 is 0 Å². The van der Waals surface area contributed by atoms with E-state index in [0.29, 0.717) is 5.92 Å². The fourth-order valence-electron chi connectivity index (χ4n) is 2.53. The van der Waals surface area contributed by atoms with Crippen LogP contribution in [0.25, 0.3) is 0 Å². The smallest absolute Gasteiger partial charge is 0.315 e. The van der Waals surface area contributed by atoms with Gasteiger partial charge in [0.1, 0.15) is 0 Å². The van der Waals surface area contributed by atoms with Crippen molar-refractivity contribution in [3.8, 4) is 0 Å². The summed E-state index contributed by atoms with van der Waals surface area (Å²) >= 11 is 0. The molecule has 0 radical (unpaired) electrons. The third-order valence-electron chi connectivity index (χ3n) is 4.52. The van der Waals surface area contributed by atoms with Crippen molar-refractivity contribution in [1.82, 2.24) is 10.6 Å². The van der Waals surface area contributed by atoms with Crippen molar-refractivity contribution in [1.29, 1.82) is 0 Å². The summed E-state index contributed by atoms with van der Waals surface area (Å²) in [5, 5.41) is 6.04. The largest absolute Gasteiger partial charge is 0.337 e. The number of hydrogen-bond donors (Lipinski definition) is 2. The van der Waals surface area contributed by atoms with Crippen molar-refractivity contribution < 1.29 is 4.79 Å². The predicted molar refractivity (Wildman–Crippen MR) is 82.9 cm³/mol. The second-order valence-corrected chi connectivity index (χ2v) is 6.45. The Labute approximate surface area is 122 Å². The molecule has 0 aliphatic heterocycles. The lowest BCUT2D eigenvalue weighted by atomic mass is 9.92. The molecule has 2 rings (SSSR count). The number of carbonyl (C=O) groups excluding carboxylic acids is 1. The second-order valence-electron chi connectivity index (χ2n) is 6.45. The molecule has 110 valence electrons. The number of benzene rings is 1. The molecule has 2 amide bonds. The molecule has 0 spiro atoms. The van der Waals surface area contributed by atoms with Gasteiger partial charge in [0.25, 0.3) is 0 Å². The molecule has 1 saturated carbocycles. The standard InChI is InChI=1S/C17H26N2O/c1-12(2)14(4)19-16(20)18-11-17(9-10-17)15-8-6-5-7-13(15)3/h5-8,12,14H,9-11H2,1-4H3,(H2,18,19,20). The number of nitrogens with one attached hydrogen (secondary N) is 2. The molecule has 0 heterocycles. The predicted octanol–water partition coefficient (Wildman–Crippen LogP) is 3.37. The van der Waals surface area contributed by atoms with Gasteiger partial charge in [-0.3, -0.25) is 0 Å². The first-order valence-electron chi connectivity index (χ1n) is 7.55. The van der Waals surface area contributed by atoms with E-state index in [1.54, 1.807) is 0 Å². The number of hydrogen-bond acceptors (Lipinski definition) is 1. The van der Waals surface area contributed by atoms with Crippen LogP contribution in [0.15, 0.2) is 24.3 Å². The van der Waals surface area contributed by atoms with Crippen molar-refractivity contribution in [3.63, 3.8) is 0 Å². The van der Waals surface area contributed by atoms with E-state index in [1.807, 2.05) is 6.92 Å². The molecule has 1 unspecified atom stereocenters. The molecular weight excluding hydrogens is 248 g/mol. The van der Waals surface area contributed by atoms with Crippen molar-refractivity contribution in [2.45, 2.75) is 52.0 Å². The van der Waals surface area contributed by atoms with Crippen LogP contribution in [-0.2, 0) is 5.41 Å². The summed E-state index contributed by atoms with van der Waals surface area (Å²) in [7, 11) is 0. The maximum Gasteiger partial charge on any atom is 0.315 e. The Hall–Kier alpha value is -1.51. The van der Waals surface area contributed by atoms with E-state index in [-0.39, 0.29) is 17.5 Å². The molecular formula is C17H26N2O. The van der Waals surface area contributed by atoms with Gasteiger partial charge >= 0.3 is 6.03 Å². The molecule has 3 nitrogen and oxygen atoms in total. The molecule has 1 aromatic rings. The van der Waals surface area contributed by atoms with Crippen LogP contribution in [-0.4, -0.2) is 18.6 Å². The molecule has 0 saturated heterocycles. The monoisotopic (exact) mass is 274 g/mol.